The van der Waals surface area contributed by atoms with Crippen molar-refractivity contribution >= 4 is 21.7 Å². The summed E-state index contributed by atoms with van der Waals surface area (Å²) in [6.07, 6.45) is 0. The fourth-order valence-electron chi connectivity index (χ4n) is 1.37. The lowest BCUT2D eigenvalue weighted by Gasteiger charge is -2.14. The Bertz CT molecular complexity index is 598. The van der Waals surface area contributed by atoms with Gasteiger partial charge in [0.25, 0.3) is 5.69 Å². The van der Waals surface area contributed by atoms with Gasteiger partial charge in [-0.25, -0.2) is 8.42 Å². The van der Waals surface area contributed by atoms with Crippen LogP contribution in [0.3, 0.4) is 0 Å². The highest BCUT2D eigenvalue weighted by Gasteiger charge is 2.21. The Kier molecular flexibility index (Phi) is 4.57. The van der Waals surface area contributed by atoms with E-state index in [1.807, 2.05) is 0 Å². The normalized spacial score (nSPS) is 11.5. The van der Waals surface area contributed by atoms with Gasteiger partial charge in [0.05, 0.1) is 10.7 Å². The number of carboxylic acid groups (broad SMARTS) is 1. The Hall–Kier alpha value is -2.00. The molecule has 0 radical (unpaired) electrons. The molecule has 0 aromatic heterocycles. The summed E-state index contributed by atoms with van der Waals surface area (Å²) >= 11 is 0. The zero-order chi connectivity index (χ0) is 14.6. The summed E-state index contributed by atoms with van der Waals surface area (Å²) in [5, 5.41) is 19.1. The van der Waals surface area contributed by atoms with Crippen molar-refractivity contribution in [3.63, 3.8) is 0 Å². The molecule has 0 heterocycles. The van der Waals surface area contributed by atoms with E-state index in [-0.39, 0.29) is 11.3 Å². The number of nitro benzene ring substituents is 1. The Labute approximate surface area is 109 Å². The van der Waals surface area contributed by atoms with Gasteiger partial charge < -0.3 is 5.11 Å². The summed E-state index contributed by atoms with van der Waals surface area (Å²) < 4.78 is 24.3. The van der Waals surface area contributed by atoms with Gasteiger partial charge in [0, 0.05) is 19.2 Å². The van der Waals surface area contributed by atoms with Crippen LogP contribution in [0.4, 0.5) is 5.69 Å². The van der Waals surface area contributed by atoms with E-state index in [1.54, 1.807) is 0 Å². The molecule has 0 aliphatic heterocycles. The summed E-state index contributed by atoms with van der Waals surface area (Å²) in [5.41, 5.74) is 0.0139. The summed E-state index contributed by atoms with van der Waals surface area (Å²) in [6, 6.07) is 5.20. The Balaban J connectivity index is 2.92. The molecule has 0 unspecified atom stereocenters. The number of rotatable bonds is 6. The molecule has 19 heavy (non-hydrogen) atoms. The largest absolute Gasteiger partial charge is 0.480 e. The number of sulfonamides is 1. The van der Waals surface area contributed by atoms with Crippen LogP contribution >= 0.6 is 0 Å². The van der Waals surface area contributed by atoms with Crippen LogP contribution in [0.15, 0.2) is 24.3 Å². The van der Waals surface area contributed by atoms with Crippen molar-refractivity contribution in [2.75, 3.05) is 13.6 Å². The lowest BCUT2D eigenvalue weighted by atomic mass is 10.2. The minimum absolute atomic E-state index is 0.214. The molecule has 0 spiro atoms. The quantitative estimate of drug-likeness (QED) is 0.599. The first-order valence-corrected chi connectivity index (χ1v) is 6.72. The number of non-ortho nitro benzene ring substituents is 1. The molecular weight excluding hydrogens is 276 g/mol. The van der Waals surface area contributed by atoms with Gasteiger partial charge in [-0.1, -0.05) is 12.1 Å². The van der Waals surface area contributed by atoms with E-state index >= 15 is 0 Å². The Morgan fingerprint density at radius 2 is 2.11 bits per heavy atom. The van der Waals surface area contributed by atoms with Crippen LogP contribution in [-0.2, 0) is 20.6 Å². The molecule has 0 aliphatic carbocycles. The van der Waals surface area contributed by atoms with Crippen LogP contribution in [-0.4, -0.2) is 42.3 Å². The predicted octanol–water partition coefficient (Wildman–Crippen LogP) is 0.441. The Morgan fingerprint density at radius 1 is 1.47 bits per heavy atom. The van der Waals surface area contributed by atoms with E-state index in [0.717, 1.165) is 13.1 Å². The van der Waals surface area contributed by atoms with E-state index in [4.69, 9.17) is 5.11 Å². The molecule has 1 aromatic carbocycles. The molecule has 0 saturated carbocycles. The molecule has 0 amide bonds. The molecule has 8 nitrogen and oxygen atoms in total. The van der Waals surface area contributed by atoms with Crippen molar-refractivity contribution in [1.29, 1.82) is 0 Å². The number of nitrogens with zero attached hydrogens (tertiary/aromatic N) is 2. The van der Waals surface area contributed by atoms with Crippen LogP contribution < -0.4 is 0 Å². The van der Waals surface area contributed by atoms with E-state index in [0.29, 0.717) is 4.31 Å². The second-order valence-corrected chi connectivity index (χ2v) is 5.91. The zero-order valence-corrected chi connectivity index (χ0v) is 10.8. The van der Waals surface area contributed by atoms with Crippen LogP contribution in [0.25, 0.3) is 0 Å². The minimum atomic E-state index is -3.82. The average Bonchev–Trinajstić information content (AvgIpc) is 2.27. The smallest absolute Gasteiger partial charge is 0.318 e. The van der Waals surface area contributed by atoms with E-state index in [2.05, 4.69) is 0 Å². The van der Waals surface area contributed by atoms with Crippen LogP contribution in [0.1, 0.15) is 5.56 Å². The summed E-state index contributed by atoms with van der Waals surface area (Å²) in [6.45, 7) is -0.655. The zero-order valence-electron chi connectivity index (χ0n) is 10.0. The highest BCUT2D eigenvalue weighted by molar-refractivity contribution is 7.88. The summed E-state index contributed by atoms with van der Waals surface area (Å²) in [4.78, 5) is 20.4. The standard InChI is InChI=1S/C10H12N2O6S/c1-11(6-10(13)14)19(17,18)7-8-3-2-4-9(5-8)12(15)16/h2-5H,6-7H2,1H3,(H,13,14). The molecular formula is C10H12N2O6S. The molecule has 1 rings (SSSR count). The van der Waals surface area contributed by atoms with E-state index in [9.17, 15) is 23.3 Å². The maximum Gasteiger partial charge on any atom is 0.318 e. The van der Waals surface area contributed by atoms with Crippen LogP contribution in [0, 0.1) is 10.1 Å². The second kappa shape index (κ2) is 5.76. The molecule has 0 fully saturated rings. The first kappa shape index (κ1) is 15.1. The monoisotopic (exact) mass is 288 g/mol. The molecule has 0 bridgehead atoms. The highest BCUT2D eigenvalue weighted by atomic mass is 32.2. The molecule has 9 heteroatoms. The number of carboxylic acids is 1. The lowest BCUT2D eigenvalue weighted by Crippen LogP contribution is -2.32. The van der Waals surface area contributed by atoms with Gasteiger partial charge in [-0.2, -0.15) is 4.31 Å². The number of hydrogen-bond acceptors (Lipinski definition) is 5. The van der Waals surface area contributed by atoms with E-state index in [1.165, 1.54) is 18.2 Å². The van der Waals surface area contributed by atoms with Gasteiger partial charge >= 0.3 is 5.97 Å². The highest BCUT2D eigenvalue weighted by Crippen LogP contribution is 2.16. The van der Waals surface area contributed by atoms with Crippen molar-refractivity contribution < 1.29 is 23.2 Å². The number of carbonyl (C=O) groups is 1. The maximum atomic E-state index is 11.8. The van der Waals surface area contributed by atoms with Crippen molar-refractivity contribution in [2.24, 2.45) is 0 Å². The van der Waals surface area contributed by atoms with Gasteiger partial charge in [0.2, 0.25) is 10.0 Å². The number of benzene rings is 1. The fourth-order valence-corrected chi connectivity index (χ4v) is 2.50. The third-order valence-electron chi connectivity index (χ3n) is 2.30. The third kappa shape index (κ3) is 4.30. The Morgan fingerprint density at radius 3 is 2.63 bits per heavy atom. The van der Waals surface area contributed by atoms with E-state index < -0.39 is 33.2 Å². The number of hydrogen-bond donors (Lipinski definition) is 1. The molecule has 0 saturated heterocycles. The van der Waals surface area contributed by atoms with Crippen LogP contribution in [0.5, 0.6) is 0 Å². The molecule has 1 aromatic rings. The SMILES string of the molecule is CN(CC(=O)O)S(=O)(=O)Cc1cccc([N+](=O)[O-])c1. The third-order valence-corrected chi connectivity index (χ3v) is 4.08. The molecule has 1 N–H and O–H groups in total. The first-order valence-electron chi connectivity index (χ1n) is 5.11. The van der Waals surface area contributed by atoms with Crippen molar-refractivity contribution in [2.45, 2.75) is 5.75 Å². The lowest BCUT2D eigenvalue weighted by molar-refractivity contribution is -0.384. The van der Waals surface area contributed by atoms with Gasteiger partial charge in [0.15, 0.2) is 0 Å². The predicted molar refractivity (Wildman–Crippen MR) is 66.0 cm³/mol. The molecule has 0 atom stereocenters. The molecule has 104 valence electrons. The summed E-state index contributed by atoms with van der Waals surface area (Å²) in [7, 11) is -2.68. The second-order valence-electron chi connectivity index (χ2n) is 3.83. The minimum Gasteiger partial charge on any atom is -0.480 e. The van der Waals surface area contributed by atoms with Crippen molar-refractivity contribution in [3.8, 4) is 0 Å². The van der Waals surface area contributed by atoms with Crippen molar-refractivity contribution in [1.82, 2.24) is 4.31 Å². The van der Waals surface area contributed by atoms with Gasteiger partial charge in [0.1, 0.15) is 6.54 Å². The first-order chi connectivity index (χ1) is 8.72. The van der Waals surface area contributed by atoms with Crippen molar-refractivity contribution in [3.05, 3.63) is 39.9 Å². The number of aliphatic carboxylic acids is 1. The van der Waals surface area contributed by atoms with Gasteiger partial charge in [-0.15, -0.1) is 0 Å². The average molecular weight is 288 g/mol. The maximum absolute atomic E-state index is 11.8. The van der Waals surface area contributed by atoms with Gasteiger partial charge in [-0.05, 0) is 5.56 Å². The number of nitro groups is 1. The van der Waals surface area contributed by atoms with Gasteiger partial charge in [-0.3, -0.25) is 14.9 Å². The number of likely N-dealkylation sites (N-methyl/N-ethyl adjacent to an activating group) is 1. The topological polar surface area (TPSA) is 118 Å². The van der Waals surface area contributed by atoms with Crippen LogP contribution in [0.2, 0.25) is 0 Å². The molecule has 0 aliphatic rings. The summed E-state index contributed by atoms with van der Waals surface area (Å²) in [5.74, 6) is -1.76. The fraction of sp³-hybridized carbons (Fsp3) is 0.300.